The Bertz CT molecular complexity index is 477. The van der Waals surface area contributed by atoms with E-state index in [1.807, 2.05) is 4.90 Å². The number of piperidine rings is 1. The average molecular weight is 279 g/mol. The minimum absolute atomic E-state index is 0.0338. The van der Waals surface area contributed by atoms with Gasteiger partial charge in [0.25, 0.3) is 5.91 Å². The lowest BCUT2D eigenvalue weighted by Gasteiger charge is -2.41. The van der Waals surface area contributed by atoms with E-state index in [9.17, 15) is 4.79 Å². The van der Waals surface area contributed by atoms with Gasteiger partial charge in [-0.1, -0.05) is 30.9 Å². The normalized spacial score (nSPS) is 26.9. The molecule has 2 unspecified atom stereocenters. The quantitative estimate of drug-likeness (QED) is 0.789. The highest BCUT2D eigenvalue weighted by molar-refractivity contribution is 6.30. The summed E-state index contributed by atoms with van der Waals surface area (Å²) in [4.78, 5) is 18.5. The SMILES string of the molecule is O=C(c1cc(Cl)ccn1)N1CCC2CCCCC2C1. The maximum Gasteiger partial charge on any atom is 0.272 e. The molecule has 2 fully saturated rings. The van der Waals surface area contributed by atoms with Crippen LogP contribution in [-0.4, -0.2) is 28.9 Å². The van der Waals surface area contributed by atoms with Crippen molar-refractivity contribution in [3.8, 4) is 0 Å². The predicted octanol–water partition coefficient (Wildman–Crippen LogP) is 3.39. The second kappa shape index (κ2) is 5.49. The number of aromatic nitrogens is 1. The van der Waals surface area contributed by atoms with Gasteiger partial charge in [-0.2, -0.15) is 0 Å². The molecule has 0 bridgehead atoms. The second-order valence-corrected chi connectivity index (χ2v) is 6.14. The van der Waals surface area contributed by atoms with Crippen LogP contribution in [0.3, 0.4) is 0 Å². The number of hydrogen-bond donors (Lipinski definition) is 0. The van der Waals surface area contributed by atoms with Crippen molar-refractivity contribution in [2.24, 2.45) is 11.8 Å². The molecule has 0 N–H and O–H groups in total. The van der Waals surface area contributed by atoms with E-state index in [2.05, 4.69) is 4.98 Å². The third-order valence-corrected chi connectivity index (χ3v) is 4.75. The van der Waals surface area contributed by atoms with Crippen LogP contribution in [0.2, 0.25) is 5.02 Å². The van der Waals surface area contributed by atoms with Crippen LogP contribution in [0.5, 0.6) is 0 Å². The molecular formula is C15H19ClN2O. The Hall–Kier alpha value is -1.09. The average Bonchev–Trinajstić information content (AvgIpc) is 2.46. The van der Waals surface area contributed by atoms with Gasteiger partial charge in [-0.3, -0.25) is 9.78 Å². The Morgan fingerprint density at radius 3 is 2.84 bits per heavy atom. The van der Waals surface area contributed by atoms with Crippen molar-refractivity contribution < 1.29 is 4.79 Å². The topological polar surface area (TPSA) is 33.2 Å². The molecule has 1 aliphatic heterocycles. The van der Waals surface area contributed by atoms with Crippen LogP contribution >= 0.6 is 11.6 Å². The summed E-state index contributed by atoms with van der Waals surface area (Å²) < 4.78 is 0. The summed E-state index contributed by atoms with van der Waals surface area (Å²) in [6, 6.07) is 3.36. The van der Waals surface area contributed by atoms with E-state index < -0.39 is 0 Å². The first-order chi connectivity index (χ1) is 9.24. The number of carbonyl (C=O) groups is 1. The Balaban J connectivity index is 1.71. The van der Waals surface area contributed by atoms with Crippen LogP contribution < -0.4 is 0 Å². The van der Waals surface area contributed by atoms with E-state index in [-0.39, 0.29) is 5.91 Å². The number of hydrogen-bond acceptors (Lipinski definition) is 2. The summed E-state index contributed by atoms with van der Waals surface area (Å²) in [5, 5.41) is 0.575. The van der Waals surface area contributed by atoms with Crippen LogP contribution in [0.1, 0.15) is 42.6 Å². The maximum atomic E-state index is 12.4. The van der Waals surface area contributed by atoms with Crippen molar-refractivity contribution in [1.82, 2.24) is 9.88 Å². The molecule has 1 saturated carbocycles. The zero-order valence-electron chi connectivity index (χ0n) is 11.0. The van der Waals surface area contributed by atoms with Crippen LogP contribution in [0, 0.1) is 11.8 Å². The molecule has 4 heteroatoms. The summed E-state index contributed by atoms with van der Waals surface area (Å²) in [7, 11) is 0. The number of amides is 1. The molecule has 3 nitrogen and oxygen atoms in total. The van der Waals surface area contributed by atoms with E-state index in [1.165, 1.54) is 25.7 Å². The van der Waals surface area contributed by atoms with Gasteiger partial charge in [0.05, 0.1) is 0 Å². The largest absolute Gasteiger partial charge is 0.337 e. The van der Waals surface area contributed by atoms with Gasteiger partial charge in [-0.05, 0) is 36.8 Å². The number of rotatable bonds is 1. The second-order valence-electron chi connectivity index (χ2n) is 5.70. The van der Waals surface area contributed by atoms with Crippen LogP contribution in [0.25, 0.3) is 0 Å². The maximum absolute atomic E-state index is 12.4. The zero-order chi connectivity index (χ0) is 13.2. The lowest BCUT2D eigenvalue weighted by Crippen LogP contribution is -2.45. The fourth-order valence-electron chi connectivity index (χ4n) is 3.47. The lowest BCUT2D eigenvalue weighted by atomic mass is 9.75. The van der Waals surface area contributed by atoms with Crippen LogP contribution in [-0.2, 0) is 0 Å². The summed E-state index contributed by atoms with van der Waals surface area (Å²) in [6.45, 7) is 1.77. The molecule has 19 heavy (non-hydrogen) atoms. The first-order valence-corrected chi connectivity index (χ1v) is 7.52. The molecule has 0 radical (unpaired) electrons. The number of likely N-dealkylation sites (tertiary alicyclic amines) is 1. The molecule has 1 aromatic rings. The number of carbonyl (C=O) groups excluding carboxylic acids is 1. The van der Waals surface area contributed by atoms with Gasteiger partial charge < -0.3 is 4.90 Å². The lowest BCUT2D eigenvalue weighted by molar-refractivity contribution is 0.0515. The summed E-state index contributed by atoms with van der Waals surface area (Å²) >= 11 is 5.93. The molecule has 2 heterocycles. The Kier molecular flexibility index (Phi) is 3.74. The third-order valence-electron chi connectivity index (χ3n) is 4.52. The zero-order valence-corrected chi connectivity index (χ0v) is 11.8. The van der Waals surface area contributed by atoms with Gasteiger partial charge in [-0.15, -0.1) is 0 Å². The van der Waals surface area contributed by atoms with Gasteiger partial charge in [-0.25, -0.2) is 0 Å². The molecule has 2 atom stereocenters. The van der Waals surface area contributed by atoms with E-state index in [0.29, 0.717) is 16.6 Å². The van der Waals surface area contributed by atoms with E-state index >= 15 is 0 Å². The molecule has 2 aliphatic rings. The monoisotopic (exact) mass is 278 g/mol. The number of fused-ring (bicyclic) bond motifs is 1. The molecule has 0 aromatic carbocycles. The minimum Gasteiger partial charge on any atom is -0.337 e. The van der Waals surface area contributed by atoms with Gasteiger partial charge in [0, 0.05) is 24.3 Å². The molecule has 1 amide bonds. The first kappa shape index (κ1) is 12.9. The minimum atomic E-state index is 0.0338. The number of pyridine rings is 1. The first-order valence-electron chi connectivity index (χ1n) is 7.15. The predicted molar refractivity (Wildman–Crippen MR) is 75.2 cm³/mol. The molecule has 1 aromatic heterocycles. The fourth-order valence-corrected chi connectivity index (χ4v) is 3.63. The van der Waals surface area contributed by atoms with Crippen molar-refractivity contribution in [2.45, 2.75) is 32.1 Å². The van der Waals surface area contributed by atoms with Gasteiger partial charge in [0.2, 0.25) is 0 Å². The van der Waals surface area contributed by atoms with Crippen molar-refractivity contribution >= 4 is 17.5 Å². The highest BCUT2D eigenvalue weighted by atomic mass is 35.5. The molecule has 1 aliphatic carbocycles. The van der Waals surface area contributed by atoms with E-state index in [4.69, 9.17) is 11.6 Å². The number of halogens is 1. The van der Waals surface area contributed by atoms with Gasteiger partial charge in [0.15, 0.2) is 0 Å². The Labute approximate surface area is 119 Å². The van der Waals surface area contributed by atoms with E-state index in [0.717, 1.165) is 25.4 Å². The number of nitrogens with zero attached hydrogens (tertiary/aromatic N) is 2. The van der Waals surface area contributed by atoms with Gasteiger partial charge in [0.1, 0.15) is 5.69 Å². The standard InChI is InChI=1S/C15H19ClN2O/c16-13-5-7-17-14(9-13)15(19)18-8-6-11-3-1-2-4-12(11)10-18/h5,7,9,11-12H,1-4,6,8,10H2. The van der Waals surface area contributed by atoms with E-state index in [1.54, 1.807) is 18.3 Å². The van der Waals surface area contributed by atoms with Crippen molar-refractivity contribution in [3.05, 3.63) is 29.0 Å². The molecule has 3 rings (SSSR count). The summed E-state index contributed by atoms with van der Waals surface area (Å²) in [6.07, 6.45) is 8.06. The summed E-state index contributed by atoms with van der Waals surface area (Å²) in [5.74, 6) is 1.57. The highest BCUT2D eigenvalue weighted by Crippen LogP contribution is 2.36. The van der Waals surface area contributed by atoms with Crippen molar-refractivity contribution in [3.63, 3.8) is 0 Å². The molecule has 1 saturated heterocycles. The van der Waals surface area contributed by atoms with Crippen molar-refractivity contribution in [2.75, 3.05) is 13.1 Å². The molecular weight excluding hydrogens is 260 g/mol. The molecule has 0 spiro atoms. The Morgan fingerprint density at radius 2 is 2.05 bits per heavy atom. The smallest absolute Gasteiger partial charge is 0.272 e. The van der Waals surface area contributed by atoms with Crippen LogP contribution in [0.15, 0.2) is 18.3 Å². The highest BCUT2D eigenvalue weighted by Gasteiger charge is 2.33. The summed E-state index contributed by atoms with van der Waals surface area (Å²) in [5.41, 5.74) is 0.474. The van der Waals surface area contributed by atoms with Crippen LogP contribution in [0.4, 0.5) is 0 Å². The Morgan fingerprint density at radius 1 is 1.26 bits per heavy atom. The third kappa shape index (κ3) is 2.76. The van der Waals surface area contributed by atoms with Gasteiger partial charge >= 0.3 is 0 Å². The van der Waals surface area contributed by atoms with Crippen molar-refractivity contribution in [1.29, 1.82) is 0 Å². The fraction of sp³-hybridized carbons (Fsp3) is 0.600. The molecule has 102 valence electrons.